The summed E-state index contributed by atoms with van der Waals surface area (Å²) in [7, 11) is 1.67. The molecule has 1 aromatic rings. The van der Waals surface area contributed by atoms with Gasteiger partial charge in [0, 0.05) is 11.4 Å². The molecule has 0 aliphatic rings. The van der Waals surface area contributed by atoms with E-state index in [1.165, 1.54) is 23.3 Å². The Morgan fingerprint density at radius 3 is 2.61 bits per heavy atom. The molecule has 0 aliphatic carbocycles. The lowest BCUT2D eigenvalue weighted by molar-refractivity contribution is 0.581. The first-order valence-electron chi connectivity index (χ1n) is 5.90. The van der Waals surface area contributed by atoms with Gasteiger partial charge in [-0.1, -0.05) is 36.0 Å². The summed E-state index contributed by atoms with van der Waals surface area (Å²) in [5, 5.41) is 5.81. The van der Waals surface area contributed by atoms with Crippen LogP contribution in [-0.2, 0) is 4.57 Å². The molecular formula is C12H20N3OPS. The molecule has 0 aromatic heterocycles. The van der Waals surface area contributed by atoms with Crippen molar-refractivity contribution in [2.75, 3.05) is 18.1 Å². The van der Waals surface area contributed by atoms with Crippen LogP contribution in [0.2, 0.25) is 0 Å². The smallest absolute Gasteiger partial charge is 0.311 e. The molecule has 0 radical (unpaired) electrons. The Morgan fingerprint density at radius 1 is 1.39 bits per heavy atom. The van der Waals surface area contributed by atoms with Crippen LogP contribution in [0.3, 0.4) is 0 Å². The molecule has 0 bridgehead atoms. The van der Waals surface area contributed by atoms with Crippen LogP contribution in [0.4, 0.5) is 5.69 Å². The van der Waals surface area contributed by atoms with Crippen LogP contribution in [0.15, 0.2) is 29.0 Å². The molecule has 100 valence electrons. The van der Waals surface area contributed by atoms with E-state index >= 15 is 0 Å². The van der Waals surface area contributed by atoms with E-state index in [-0.39, 0.29) is 0 Å². The summed E-state index contributed by atoms with van der Waals surface area (Å²) in [6, 6.07) is 7.95. The van der Waals surface area contributed by atoms with Gasteiger partial charge in [0.25, 0.3) is 0 Å². The minimum absolute atomic E-state index is 0.833. The predicted octanol–water partition coefficient (Wildman–Crippen LogP) is 3.91. The molecule has 1 rings (SSSR count). The molecule has 2 N–H and O–H groups in total. The van der Waals surface area contributed by atoms with Crippen LogP contribution in [-0.4, -0.2) is 19.1 Å². The Morgan fingerprint density at radius 2 is 2.06 bits per heavy atom. The van der Waals surface area contributed by atoms with Gasteiger partial charge in [-0.05, 0) is 32.5 Å². The van der Waals surface area contributed by atoms with Gasteiger partial charge in [0.05, 0.1) is 6.34 Å². The Hall–Kier alpha value is -0.770. The normalized spacial score (nSPS) is 14.6. The lowest BCUT2D eigenvalue weighted by Crippen LogP contribution is -2.01. The van der Waals surface area contributed by atoms with Crippen molar-refractivity contribution in [3.63, 3.8) is 0 Å². The SMILES string of the molecule is CCCSP(=O)(N=CNc1ccc(C)cc1)NC. The van der Waals surface area contributed by atoms with E-state index in [2.05, 4.69) is 22.1 Å². The first-order valence-corrected chi connectivity index (χ1v) is 9.15. The zero-order valence-corrected chi connectivity index (χ0v) is 12.7. The standard InChI is InChI=1S/C12H20N3OPS/c1-4-9-18-17(16,13-3)15-10-14-12-7-5-11(2)6-8-12/h5-8,10H,4,9H2,1-3H3,(H2,13,14,15,16). The zero-order chi connectivity index (χ0) is 13.4. The highest BCUT2D eigenvalue weighted by Crippen LogP contribution is 2.55. The van der Waals surface area contributed by atoms with Gasteiger partial charge in [0.15, 0.2) is 0 Å². The molecular weight excluding hydrogens is 265 g/mol. The van der Waals surface area contributed by atoms with Crippen molar-refractivity contribution in [3.8, 4) is 0 Å². The predicted molar refractivity (Wildman–Crippen MR) is 82.7 cm³/mol. The summed E-state index contributed by atoms with van der Waals surface area (Å²) in [5.41, 5.74) is 2.14. The number of benzene rings is 1. The Balaban J connectivity index is 2.57. The topological polar surface area (TPSA) is 53.5 Å². The number of rotatable bonds is 7. The van der Waals surface area contributed by atoms with Crippen LogP contribution >= 0.6 is 18.0 Å². The average Bonchev–Trinajstić information content (AvgIpc) is 2.39. The van der Waals surface area contributed by atoms with Crippen LogP contribution in [0.25, 0.3) is 0 Å². The molecule has 0 fully saturated rings. The highest BCUT2D eigenvalue weighted by molar-refractivity contribution is 8.57. The molecule has 0 aliphatic heterocycles. The molecule has 0 amide bonds. The molecule has 0 saturated carbocycles. The van der Waals surface area contributed by atoms with E-state index in [4.69, 9.17) is 0 Å². The van der Waals surface area contributed by atoms with Gasteiger partial charge in [-0.15, -0.1) is 0 Å². The first-order chi connectivity index (χ1) is 8.59. The summed E-state index contributed by atoms with van der Waals surface area (Å²) in [6.07, 6.45) is 2.49. The van der Waals surface area contributed by atoms with Crippen LogP contribution in [0, 0.1) is 6.92 Å². The fourth-order valence-corrected chi connectivity index (χ4v) is 4.17. The maximum absolute atomic E-state index is 12.2. The van der Waals surface area contributed by atoms with E-state index in [9.17, 15) is 4.57 Å². The summed E-state index contributed by atoms with van der Waals surface area (Å²) < 4.78 is 16.3. The number of nitrogens with zero attached hydrogens (tertiary/aromatic N) is 1. The lowest BCUT2D eigenvalue weighted by Gasteiger charge is -2.10. The molecule has 0 heterocycles. The van der Waals surface area contributed by atoms with Gasteiger partial charge in [-0.2, -0.15) is 4.76 Å². The van der Waals surface area contributed by atoms with Gasteiger partial charge in [0.2, 0.25) is 0 Å². The van der Waals surface area contributed by atoms with Crippen molar-refractivity contribution in [2.45, 2.75) is 20.3 Å². The third kappa shape index (κ3) is 5.25. The lowest BCUT2D eigenvalue weighted by atomic mass is 10.2. The van der Waals surface area contributed by atoms with Crippen LogP contribution < -0.4 is 10.4 Å². The van der Waals surface area contributed by atoms with Crippen molar-refractivity contribution < 1.29 is 4.57 Å². The van der Waals surface area contributed by atoms with Gasteiger partial charge in [-0.3, -0.25) is 4.57 Å². The molecule has 18 heavy (non-hydrogen) atoms. The second-order valence-electron chi connectivity index (χ2n) is 3.83. The third-order valence-electron chi connectivity index (χ3n) is 2.25. The molecule has 4 nitrogen and oxygen atoms in total. The first kappa shape index (κ1) is 15.3. The van der Waals surface area contributed by atoms with Crippen molar-refractivity contribution in [3.05, 3.63) is 29.8 Å². The fourth-order valence-electron chi connectivity index (χ4n) is 1.20. The average molecular weight is 285 g/mol. The molecule has 6 heteroatoms. The van der Waals surface area contributed by atoms with Gasteiger partial charge in [0.1, 0.15) is 0 Å². The van der Waals surface area contributed by atoms with Crippen molar-refractivity contribution in [1.29, 1.82) is 0 Å². The van der Waals surface area contributed by atoms with Gasteiger partial charge >= 0.3 is 6.65 Å². The van der Waals surface area contributed by atoms with E-state index in [0.717, 1.165) is 17.9 Å². The summed E-state index contributed by atoms with van der Waals surface area (Å²) in [6.45, 7) is 1.40. The molecule has 1 unspecified atom stereocenters. The fraction of sp³-hybridized carbons (Fsp3) is 0.417. The van der Waals surface area contributed by atoms with Crippen LogP contribution in [0.1, 0.15) is 18.9 Å². The molecule has 0 spiro atoms. The second-order valence-corrected chi connectivity index (χ2v) is 8.48. The number of nitrogens with one attached hydrogen (secondary N) is 2. The Bertz CT molecular complexity index is 433. The largest absolute Gasteiger partial charge is 0.346 e. The Labute approximate surface area is 113 Å². The highest BCUT2D eigenvalue weighted by Gasteiger charge is 2.16. The second kappa shape index (κ2) is 7.62. The number of hydrogen-bond donors (Lipinski definition) is 2. The monoisotopic (exact) mass is 285 g/mol. The van der Waals surface area contributed by atoms with Crippen LogP contribution in [0.5, 0.6) is 0 Å². The minimum atomic E-state index is -2.69. The summed E-state index contributed by atoms with van der Waals surface area (Å²) in [4.78, 5) is 0. The van der Waals surface area contributed by atoms with E-state index in [0.29, 0.717) is 0 Å². The third-order valence-corrected chi connectivity index (χ3v) is 6.60. The quantitative estimate of drug-likeness (QED) is 0.453. The van der Waals surface area contributed by atoms with E-state index in [1.54, 1.807) is 7.05 Å². The zero-order valence-electron chi connectivity index (χ0n) is 11.0. The van der Waals surface area contributed by atoms with Gasteiger partial charge < -0.3 is 5.32 Å². The van der Waals surface area contributed by atoms with Crippen molar-refractivity contribution in [1.82, 2.24) is 5.09 Å². The maximum atomic E-state index is 12.2. The number of hydrogen-bond acceptors (Lipinski definition) is 2. The molecule has 1 aromatic carbocycles. The number of anilines is 1. The molecule has 0 saturated heterocycles. The number of aryl methyl sites for hydroxylation is 1. The van der Waals surface area contributed by atoms with Gasteiger partial charge in [-0.25, -0.2) is 5.09 Å². The van der Waals surface area contributed by atoms with E-state index in [1.807, 2.05) is 31.2 Å². The minimum Gasteiger partial charge on any atom is -0.346 e. The maximum Gasteiger partial charge on any atom is 0.311 e. The van der Waals surface area contributed by atoms with E-state index < -0.39 is 6.65 Å². The highest BCUT2D eigenvalue weighted by atomic mass is 32.7. The van der Waals surface area contributed by atoms with Crippen molar-refractivity contribution in [2.24, 2.45) is 4.76 Å². The molecule has 1 atom stereocenters. The summed E-state index contributed by atoms with van der Waals surface area (Å²) in [5.74, 6) is 0.833. The summed E-state index contributed by atoms with van der Waals surface area (Å²) >= 11 is 1.37. The Kier molecular flexibility index (Phi) is 6.47. The van der Waals surface area contributed by atoms with Crippen molar-refractivity contribution >= 4 is 30.1 Å².